The third-order valence-corrected chi connectivity index (χ3v) is 6.50. The summed E-state index contributed by atoms with van der Waals surface area (Å²) in [4.78, 5) is 33.0. The van der Waals surface area contributed by atoms with Gasteiger partial charge in [-0.1, -0.05) is 66.2 Å². The second-order valence-electron chi connectivity index (χ2n) is 8.87. The van der Waals surface area contributed by atoms with Gasteiger partial charge in [0.1, 0.15) is 17.5 Å². The maximum atomic E-state index is 13.7. The summed E-state index contributed by atoms with van der Waals surface area (Å²) in [5.74, 6) is 0.495. The summed E-state index contributed by atoms with van der Waals surface area (Å²) in [6, 6.07) is 26.9. The number of pyridine rings is 1. The van der Waals surface area contributed by atoms with E-state index in [1.807, 2.05) is 66.7 Å². The zero-order valence-corrected chi connectivity index (χ0v) is 22.4. The molecule has 0 fully saturated rings. The van der Waals surface area contributed by atoms with Gasteiger partial charge >= 0.3 is 0 Å². The molecule has 2 amide bonds. The molecule has 39 heavy (non-hydrogen) atoms. The molecule has 0 unspecified atom stereocenters. The molecule has 4 aromatic rings. The van der Waals surface area contributed by atoms with Crippen LogP contribution in [0.5, 0.6) is 11.5 Å². The second kappa shape index (κ2) is 14.0. The molecule has 0 saturated carbocycles. The lowest BCUT2D eigenvalue weighted by atomic mass is 10.0. The van der Waals surface area contributed by atoms with Crippen LogP contribution in [0.4, 0.5) is 0 Å². The van der Waals surface area contributed by atoms with E-state index in [0.717, 1.165) is 16.7 Å². The summed E-state index contributed by atoms with van der Waals surface area (Å²) >= 11 is 6.24. The Bertz CT molecular complexity index is 1350. The number of ether oxygens (including phenoxy) is 2. The molecule has 0 radical (unpaired) electrons. The number of nitrogens with zero attached hydrogens (tertiary/aromatic N) is 2. The van der Waals surface area contributed by atoms with Gasteiger partial charge in [-0.3, -0.25) is 14.6 Å². The standard InChI is InChI=1S/C31H30ClN3O4/c1-38-26-13-11-25(12-14-26)21-35(30(36)22-39-29-10-6-5-9-27(29)32)28(19-23-7-3-2-4-8-23)31(37)34-20-24-15-17-33-18-16-24/h2-18,28H,19-22H2,1H3,(H,34,37)/t28-/m1/s1. The molecule has 1 N–H and O–H groups in total. The molecule has 0 bridgehead atoms. The Labute approximate surface area is 233 Å². The first kappa shape index (κ1) is 27.7. The van der Waals surface area contributed by atoms with Crippen LogP contribution in [0, 0.1) is 0 Å². The average molecular weight is 544 g/mol. The SMILES string of the molecule is COc1ccc(CN(C(=O)COc2ccccc2Cl)[C@H](Cc2ccccc2)C(=O)NCc2ccncc2)cc1. The Balaban J connectivity index is 1.62. The number of carbonyl (C=O) groups is 2. The predicted molar refractivity (Wildman–Crippen MR) is 151 cm³/mol. The first-order chi connectivity index (χ1) is 19.0. The smallest absolute Gasteiger partial charge is 0.261 e. The van der Waals surface area contributed by atoms with Crippen LogP contribution in [0.2, 0.25) is 5.02 Å². The molecule has 7 nitrogen and oxygen atoms in total. The van der Waals surface area contributed by atoms with Crippen LogP contribution in [-0.4, -0.2) is 41.5 Å². The summed E-state index contributed by atoms with van der Waals surface area (Å²) in [5, 5.41) is 3.40. The molecule has 1 atom stereocenters. The topological polar surface area (TPSA) is 80.8 Å². The molecule has 1 heterocycles. The zero-order valence-electron chi connectivity index (χ0n) is 21.6. The number of hydrogen-bond donors (Lipinski definition) is 1. The number of benzene rings is 3. The summed E-state index contributed by atoms with van der Waals surface area (Å²) < 4.78 is 11.1. The summed E-state index contributed by atoms with van der Waals surface area (Å²) in [5.41, 5.74) is 2.69. The largest absolute Gasteiger partial charge is 0.497 e. The van der Waals surface area contributed by atoms with Crippen molar-refractivity contribution < 1.29 is 19.1 Å². The molecule has 0 aliphatic rings. The highest BCUT2D eigenvalue weighted by Crippen LogP contribution is 2.24. The van der Waals surface area contributed by atoms with Gasteiger partial charge in [-0.05, 0) is 53.1 Å². The third-order valence-electron chi connectivity index (χ3n) is 6.19. The highest BCUT2D eigenvalue weighted by molar-refractivity contribution is 6.32. The number of nitrogens with one attached hydrogen (secondary N) is 1. The molecule has 200 valence electrons. The van der Waals surface area contributed by atoms with E-state index in [4.69, 9.17) is 21.1 Å². The molecule has 3 aromatic carbocycles. The first-order valence-electron chi connectivity index (χ1n) is 12.5. The fourth-order valence-electron chi connectivity index (χ4n) is 4.07. The number of aromatic nitrogens is 1. The molecule has 0 saturated heterocycles. The molecule has 1 aromatic heterocycles. The van der Waals surface area contributed by atoms with Gasteiger partial charge in [0.25, 0.3) is 5.91 Å². The van der Waals surface area contributed by atoms with Crippen molar-refractivity contribution >= 4 is 23.4 Å². The predicted octanol–water partition coefficient (Wildman–Crippen LogP) is 5.08. The van der Waals surface area contributed by atoms with Crippen molar-refractivity contribution in [1.82, 2.24) is 15.2 Å². The minimum absolute atomic E-state index is 0.203. The van der Waals surface area contributed by atoms with Crippen molar-refractivity contribution in [2.45, 2.75) is 25.6 Å². The lowest BCUT2D eigenvalue weighted by Gasteiger charge is -2.31. The van der Waals surface area contributed by atoms with Crippen LogP contribution in [0.3, 0.4) is 0 Å². The Morgan fingerprint density at radius 2 is 1.56 bits per heavy atom. The summed E-state index contributed by atoms with van der Waals surface area (Å²) in [6.45, 7) is 0.241. The van der Waals surface area contributed by atoms with Crippen LogP contribution < -0.4 is 14.8 Å². The first-order valence-corrected chi connectivity index (χ1v) is 12.9. The van der Waals surface area contributed by atoms with Gasteiger partial charge in [0.05, 0.1) is 12.1 Å². The molecule has 0 aliphatic heterocycles. The number of para-hydroxylation sites is 1. The van der Waals surface area contributed by atoms with Crippen molar-refractivity contribution in [3.8, 4) is 11.5 Å². The lowest BCUT2D eigenvalue weighted by molar-refractivity contribution is -0.142. The van der Waals surface area contributed by atoms with Crippen molar-refractivity contribution in [3.63, 3.8) is 0 Å². The Morgan fingerprint density at radius 3 is 2.26 bits per heavy atom. The number of amides is 2. The van der Waals surface area contributed by atoms with Crippen molar-refractivity contribution in [1.29, 1.82) is 0 Å². The summed E-state index contributed by atoms with van der Waals surface area (Å²) in [6.07, 6.45) is 3.68. The Hall–Kier alpha value is -4.36. The molecule has 0 spiro atoms. The molecule has 4 rings (SSSR count). The minimum Gasteiger partial charge on any atom is -0.497 e. The quantitative estimate of drug-likeness (QED) is 0.269. The fraction of sp³-hybridized carbons (Fsp3) is 0.194. The number of carbonyl (C=O) groups excluding carboxylic acids is 2. The monoisotopic (exact) mass is 543 g/mol. The van der Waals surface area contributed by atoms with Crippen LogP contribution in [0.25, 0.3) is 0 Å². The van der Waals surface area contributed by atoms with Crippen LogP contribution in [-0.2, 0) is 29.1 Å². The van der Waals surface area contributed by atoms with E-state index in [2.05, 4.69) is 10.3 Å². The van der Waals surface area contributed by atoms with E-state index in [1.165, 1.54) is 0 Å². The summed E-state index contributed by atoms with van der Waals surface area (Å²) in [7, 11) is 1.60. The number of halogens is 1. The molecule has 8 heteroatoms. The van der Waals surface area contributed by atoms with Gasteiger partial charge in [-0.25, -0.2) is 0 Å². The maximum Gasteiger partial charge on any atom is 0.261 e. The second-order valence-corrected chi connectivity index (χ2v) is 9.27. The third kappa shape index (κ3) is 8.06. The number of methoxy groups -OCH3 is 1. The van der Waals surface area contributed by atoms with E-state index < -0.39 is 6.04 Å². The fourth-order valence-corrected chi connectivity index (χ4v) is 4.26. The number of rotatable bonds is 12. The van der Waals surface area contributed by atoms with E-state index >= 15 is 0 Å². The van der Waals surface area contributed by atoms with Crippen molar-refractivity contribution in [2.24, 2.45) is 0 Å². The van der Waals surface area contributed by atoms with Crippen LogP contribution in [0.15, 0.2) is 103 Å². The van der Waals surface area contributed by atoms with Crippen molar-refractivity contribution in [2.75, 3.05) is 13.7 Å². The van der Waals surface area contributed by atoms with Gasteiger partial charge in [0.15, 0.2) is 6.61 Å². The van der Waals surface area contributed by atoms with Gasteiger partial charge in [-0.2, -0.15) is 0 Å². The Kier molecular flexibility index (Phi) is 9.92. The average Bonchev–Trinajstić information content (AvgIpc) is 2.98. The normalized spacial score (nSPS) is 11.3. The van der Waals surface area contributed by atoms with E-state index in [0.29, 0.717) is 29.5 Å². The Morgan fingerprint density at radius 1 is 0.872 bits per heavy atom. The lowest BCUT2D eigenvalue weighted by Crippen LogP contribution is -2.51. The van der Waals surface area contributed by atoms with E-state index in [9.17, 15) is 9.59 Å². The highest BCUT2D eigenvalue weighted by atomic mass is 35.5. The van der Waals surface area contributed by atoms with E-state index in [1.54, 1.807) is 48.7 Å². The van der Waals surface area contributed by atoms with Gasteiger partial charge < -0.3 is 19.7 Å². The molecular weight excluding hydrogens is 514 g/mol. The zero-order chi connectivity index (χ0) is 27.5. The van der Waals surface area contributed by atoms with E-state index in [-0.39, 0.29) is 25.0 Å². The van der Waals surface area contributed by atoms with Crippen LogP contribution >= 0.6 is 11.6 Å². The highest BCUT2D eigenvalue weighted by Gasteiger charge is 2.30. The van der Waals surface area contributed by atoms with Crippen molar-refractivity contribution in [3.05, 3.63) is 125 Å². The minimum atomic E-state index is -0.793. The van der Waals surface area contributed by atoms with Gasteiger partial charge in [0.2, 0.25) is 5.91 Å². The molecule has 0 aliphatic carbocycles. The maximum absolute atomic E-state index is 13.7. The van der Waals surface area contributed by atoms with Crippen LogP contribution in [0.1, 0.15) is 16.7 Å². The molecular formula is C31H30ClN3O4. The number of hydrogen-bond acceptors (Lipinski definition) is 5. The van der Waals surface area contributed by atoms with Gasteiger partial charge in [-0.15, -0.1) is 0 Å². The van der Waals surface area contributed by atoms with Gasteiger partial charge in [0, 0.05) is 31.9 Å².